The van der Waals surface area contributed by atoms with E-state index < -0.39 is 45.8 Å². The molecule has 0 spiro atoms. The normalized spacial score (nSPS) is 21.0. The highest BCUT2D eigenvalue weighted by molar-refractivity contribution is 5.95. The zero-order valence-electron chi connectivity index (χ0n) is 10.6. The molecule has 1 amide bonds. The SMILES string of the molecule is O=C(NC1COCC1C(=O)O)c1cc([N+](=O)[O-])ccc1F. The van der Waals surface area contributed by atoms with Crippen LogP contribution in [0, 0.1) is 21.8 Å². The van der Waals surface area contributed by atoms with E-state index in [4.69, 9.17) is 9.84 Å². The van der Waals surface area contributed by atoms with Crippen molar-refractivity contribution in [2.75, 3.05) is 13.2 Å². The monoisotopic (exact) mass is 298 g/mol. The molecule has 21 heavy (non-hydrogen) atoms. The van der Waals surface area contributed by atoms with Gasteiger partial charge in [0.1, 0.15) is 11.7 Å². The smallest absolute Gasteiger partial charge is 0.311 e. The quantitative estimate of drug-likeness (QED) is 0.619. The number of benzene rings is 1. The van der Waals surface area contributed by atoms with E-state index in [2.05, 4.69) is 5.32 Å². The van der Waals surface area contributed by atoms with Crippen molar-refractivity contribution < 1.29 is 28.7 Å². The minimum atomic E-state index is -1.14. The molecule has 1 fully saturated rings. The van der Waals surface area contributed by atoms with Crippen molar-refractivity contribution in [3.8, 4) is 0 Å². The summed E-state index contributed by atoms with van der Waals surface area (Å²) in [7, 11) is 0. The van der Waals surface area contributed by atoms with E-state index in [9.17, 15) is 24.1 Å². The second kappa shape index (κ2) is 5.83. The second-order valence-corrected chi connectivity index (χ2v) is 4.48. The average molecular weight is 298 g/mol. The maximum absolute atomic E-state index is 13.6. The summed E-state index contributed by atoms with van der Waals surface area (Å²) in [5.41, 5.74) is -0.945. The highest BCUT2D eigenvalue weighted by Crippen LogP contribution is 2.19. The minimum Gasteiger partial charge on any atom is -0.481 e. The molecule has 1 saturated heterocycles. The van der Waals surface area contributed by atoms with Gasteiger partial charge in [0.15, 0.2) is 0 Å². The lowest BCUT2D eigenvalue weighted by molar-refractivity contribution is -0.384. The Balaban J connectivity index is 2.18. The van der Waals surface area contributed by atoms with E-state index >= 15 is 0 Å². The third-order valence-corrected chi connectivity index (χ3v) is 3.12. The van der Waals surface area contributed by atoms with Gasteiger partial charge < -0.3 is 15.2 Å². The summed E-state index contributed by atoms with van der Waals surface area (Å²) in [4.78, 5) is 32.8. The number of hydrogen-bond donors (Lipinski definition) is 2. The average Bonchev–Trinajstić information content (AvgIpc) is 2.87. The Hall–Kier alpha value is -2.55. The van der Waals surface area contributed by atoms with Crippen LogP contribution in [0.15, 0.2) is 18.2 Å². The second-order valence-electron chi connectivity index (χ2n) is 4.48. The topological polar surface area (TPSA) is 119 Å². The number of nitrogens with one attached hydrogen (secondary N) is 1. The summed E-state index contributed by atoms with van der Waals surface area (Å²) < 4.78 is 18.5. The number of nitrogens with zero attached hydrogens (tertiary/aromatic N) is 1. The number of carbonyl (C=O) groups excluding carboxylic acids is 1. The fraction of sp³-hybridized carbons (Fsp3) is 0.333. The number of carboxylic acid groups (broad SMARTS) is 1. The summed E-state index contributed by atoms with van der Waals surface area (Å²) in [6.07, 6.45) is 0. The lowest BCUT2D eigenvalue weighted by Gasteiger charge is -2.15. The van der Waals surface area contributed by atoms with Crippen LogP contribution in [0.2, 0.25) is 0 Å². The van der Waals surface area contributed by atoms with E-state index in [0.29, 0.717) is 0 Å². The van der Waals surface area contributed by atoms with Crippen LogP contribution in [0.5, 0.6) is 0 Å². The third-order valence-electron chi connectivity index (χ3n) is 3.12. The molecule has 0 bridgehead atoms. The number of nitro groups is 1. The number of carbonyl (C=O) groups is 2. The molecule has 1 aromatic rings. The summed E-state index contributed by atoms with van der Waals surface area (Å²) in [5, 5.41) is 21.9. The van der Waals surface area contributed by atoms with Crippen LogP contribution in [-0.2, 0) is 9.53 Å². The Morgan fingerprint density at radius 2 is 2.14 bits per heavy atom. The van der Waals surface area contributed by atoms with Gasteiger partial charge in [-0.15, -0.1) is 0 Å². The van der Waals surface area contributed by atoms with Crippen LogP contribution in [0.1, 0.15) is 10.4 Å². The molecule has 2 atom stereocenters. The van der Waals surface area contributed by atoms with Gasteiger partial charge in [0.2, 0.25) is 0 Å². The Morgan fingerprint density at radius 3 is 2.76 bits per heavy atom. The van der Waals surface area contributed by atoms with Gasteiger partial charge in [-0.25, -0.2) is 4.39 Å². The first-order chi connectivity index (χ1) is 9.90. The van der Waals surface area contributed by atoms with Crippen LogP contribution in [0.25, 0.3) is 0 Å². The van der Waals surface area contributed by atoms with Crippen LogP contribution in [0.4, 0.5) is 10.1 Å². The largest absolute Gasteiger partial charge is 0.481 e. The molecule has 2 N–H and O–H groups in total. The van der Waals surface area contributed by atoms with Crippen LogP contribution < -0.4 is 5.32 Å². The molecule has 1 aliphatic heterocycles. The molecule has 9 heteroatoms. The predicted molar refractivity (Wildman–Crippen MR) is 66.3 cm³/mol. The first kappa shape index (κ1) is 14.9. The van der Waals surface area contributed by atoms with Gasteiger partial charge in [0.05, 0.1) is 29.7 Å². The Labute approximate surface area is 117 Å². The minimum absolute atomic E-state index is 0.0146. The van der Waals surface area contributed by atoms with Crippen molar-refractivity contribution >= 4 is 17.6 Å². The first-order valence-electron chi connectivity index (χ1n) is 5.95. The number of halogens is 1. The van der Waals surface area contributed by atoms with Crippen molar-refractivity contribution in [1.29, 1.82) is 0 Å². The van der Waals surface area contributed by atoms with Crippen molar-refractivity contribution in [3.05, 3.63) is 39.7 Å². The number of non-ortho nitro benzene ring substituents is 1. The number of hydrogen-bond acceptors (Lipinski definition) is 5. The molecule has 0 radical (unpaired) electrons. The van der Waals surface area contributed by atoms with Gasteiger partial charge in [-0.05, 0) is 6.07 Å². The number of carboxylic acids is 1. The Kier molecular flexibility index (Phi) is 4.13. The van der Waals surface area contributed by atoms with Gasteiger partial charge in [0, 0.05) is 12.1 Å². The van der Waals surface area contributed by atoms with Crippen molar-refractivity contribution in [3.63, 3.8) is 0 Å². The van der Waals surface area contributed by atoms with Crippen LogP contribution in [0.3, 0.4) is 0 Å². The first-order valence-corrected chi connectivity index (χ1v) is 5.95. The van der Waals surface area contributed by atoms with Gasteiger partial charge in [-0.1, -0.05) is 0 Å². The highest BCUT2D eigenvalue weighted by Gasteiger charge is 2.35. The van der Waals surface area contributed by atoms with E-state index in [1.165, 1.54) is 0 Å². The predicted octanol–water partition coefficient (Wildman–Crippen LogP) is 0.563. The van der Waals surface area contributed by atoms with Crippen LogP contribution in [-0.4, -0.2) is 41.2 Å². The van der Waals surface area contributed by atoms with Crippen molar-refractivity contribution in [1.82, 2.24) is 5.32 Å². The molecule has 0 aliphatic carbocycles. The lowest BCUT2D eigenvalue weighted by atomic mass is 10.0. The number of ether oxygens (including phenoxy) is 1. The summed E-state index contributed by atoms with van der Waals surface area (Å²) in [6, 6.07) is 1.74. The molecule has 2 unspecified atom stereocenters. The molecule has 2 rings (SSSR count). The Morgan fingerprint density at radius 1 is 1.43 bits per heavy atom. The van der Waals surface area contributed by atoms with Gasteiger partial charge >= 0.3 is 5.97 Å². The molecule has 8 nitrogen and oxygen atoms in total. The van der Waals surface area contributed by atoms with Crippen molar-refractivity contribution in [2.24, 2.45) is 5.92 Å². The molecule has 112 valence electrons. The number of nitro benzene ring substituents is 1. The molecule has 0 saturated carbocycles. The lowest BCUT2D eigenvalue weighted by Crippen LogP contribution is -2.42. The molecule has 0 aromatic heterocycles. The summed E-state index contributed by atoms with van der Waals surface area (Å²) in [5.74, 6) is -3.92. The van der Waals surface area contributed by atoms with Gasteiger partial charge in [-0.3, -0.25) is 19.7 Å². The van der Waals surface area contributed by atoms with Crippen LogP contribution >= 0.6 is 0 Å². The zero-order chi connectivity index (χ0) is 15.6. The fourth-order valence-corrected chi connectivity index (χ4v) is 1.99. The molecule has 1 aliphatic rings. The maximum Gasteiger partial charge on any atom is 0.311 e. The molecule has 1 heterocycles. The summed E-state index contributed by atoms with van der Waals surface area (Å²) in [6.45, 7) is -0.0725. The summed E-state index contributed by atoms with van der Waals surface area (Å²) >= 11 is 0. The molecular weight excluding hydrogens is 287 g/mol. The Bertz CT molecular complexity index is 605. The van der Waals surface area contributed by atoms with E-state index in [-0.39, 0.29) is 13.2 Å². The van der Waals surface area contributed by atoms with E-state index in [0.717, 1.165) is 18.2 Å². The van der Waals surface area contributed by atoms with E-state index in [1.54, 1.807) is 0 Å². The fourth-order valence-electron chi connectivity index (χ4n) is 1.99. The molecular formula is C12H11FN2O6. The number of rotatable bonds is 4. The number of aliphatic carboxylic acids is 1. The van der Waals surface area contributed by atoms with Crippen molar-refractivity contribution in [2.45, 2.75) is 6.04 Å². The number of amides is 1. The highest BCUT2D eigenvalue weighted by atomic mass is 19.1. The van der Waals surface area contributed by atoms with E-state index in [1.807, 2.05) is 0 Å². The zero-order valence-corrected chi connectivity index (χ0v) is 10.6. The van der Waals surface area contributed by atoms with Gasteiger partial charge in [0.25, 0.3) is 11.6 Å². The van der Waals surface area contributed by atoms with Gasteiger partial charge in [-0.2, -0.15) is 0 Å². The third kappa shape index (κ3) is 3.14. The molecule has 1 aromatic carbocycles. The maximum atomic E-state index is 13.6. The standard InChI is InChI=1S/C12H11FN2O6/c13-9-2-1-6(15(19)20)3-7(9)11(16)14-10-5-21-4-8(10)12(17)18/h1-3,8,10H,4-5H2,(H,14,16)(H,17,18).